The average molecular weight is 435 g/mol. The van der Waals surface area contributed by atoms with E-state index in [1.54, 1.807) is 6.07 Å². The van der Waals surface area contributed by atoms with E-state index < -0.39 is 0 Å². The van der Waals surface area contributed by atoms with Crippen LogP contribution in [0.4, 0.5) is 11.5 Å². The van der Waals surface area contributed by atoms with Gasteiger partial charge in [-0.15, -0.1) is 0 Å². The van der Waals surface area contributed by atoms with E-state index >= 15 is 0 Å². The molecule has 1 fully saturated rings. The number of nitrogens with one attached hydrogen (secondary N) is 2. The van der Waals surface area contributed by atoms with Gasteiger partial charge in [0.25, 0.3) is 5.56 Å². The second-order valence-corrected chi connectivity index (χ2v) is 8.52. The molecule has 0 aliphatic carbocycles. The number of hydrogen-bond acceptors (Lipinski definition) is 6. The third-order valence-corrected chi connectivity index (χ3v) is 6.46. The van der Waals surface area contributed by atoms with Gasteiger partial charge in [-0.05, 0) is 24.5 Å². The molecule has 1 saturated heterocycles. The van der Waals surface area contributed by atoms with Crippen molar-refractivity contribution in [3.8, 4) is 6.07 Å². The van der Waals surface area contributed by atoms with Crippen LogP contribution in [0.5, 0.6) is 0 Å². The quantitative estimate of drug-likeness (QED) is 0.658. The van der Waals surface area contributed by atoms with E-state index in [1.807, 2.05) is 6.07 Å². The Hall–Kier alpha value is -3.08. The van der Waals surface area contributed by atoms with E-state index in [-0.39, 0.29) is 5.56 Å². The van der Waals surface area contributed by atoms with Crippen molar-refractivity contribution >= 4 is 34.0 Å². The lowest BCUT2D eigenvalue weighted by Crippen LogP contribution is -2.46. The number of rotatable bonds is 3. The summed E-state index contributed by atoms with van der Waals surface area (Å²) in [6.07, 6.45) is 3.36. The average Bonchev–Trinajstić information content (AvgIpc) is 2.79. The zero-order valence-corrected chi connectivity index (χ0v) is 17.9. The smallest absolute Gasteiger partial charge is 0.253 e. The molecule has 0 unspecified atom stereocenters. The summed E-state index contributed by atoms with van der Waals surface area (Å²) in [7, 11) is 0. The molecule has 0 spiro atoms. The first-order valence-electron chi connectivity index (χ1n) is 10.6. The van der Waals surface area contributed by atoms with E-state index in [1.165, 1.54) is 11.8 Å². The topological polar surface area (TPSA) is 88.1 Å². The van der Waals surface area contributed by atoms with Crippen LogP contribution in [0.1, 0.15) is 23.1 Å². The maximum absolute atomic E-state index is 12.5. The van der Waals surface area contributed by atoms with Gasteiger partial charge in [0.15, 0.2) is 0 Å². The Morgan fingerprint density at radius 2 is 2.03 bits per heavy atom. The lowest BCUT2D eigenvalue weighted by Gasteiger charge is -2.35. The minimum Gasteiger partial charge on any atom is -0.384 e. The van der Waals surface area contributed by atoms with Gasteiger partial charge < -0.3 is 15.2 Å². The van der Waals surface area contributed by atoms with Crippen LogP contribution in [-0.4, -0.2) is 47.6 Å². The van der Waals surface area contributed by atoms with Gasteiger partial charge in [-0.3, -0.25) is 9.69 Å². The predicted molar refractivity (Wildman–Crippen MR) is 123 cm³/mol. The number of H-pyrrole nitrogens is 1. The van der Waals surface area contributed by atoms with Crippen molar-refractivity contribution in [2.75, 3.05) is 42.9 Å². The van der Waals surface area contributed by atoms with Crippen LogP contribution in [0.25, 0.3) is 10.9 Å². The van der Waals surface area contributed by atoms with Crippen molar-refractivity contribution in [1.82, 2.24) is 14.9 Å². The summed E-state index contributed by atoms with van der Waals surface area (Å²) in [6.45, 7) is 5.24. The number of halogens is 1. The Balaban J connectivity index is 1.28. The van der Waals surface area contributed by atoms with Crippen LogP contribution < -0.4 is 15.8 Å². The fraction of sp³-hybridized carbons (Fsp3) is 0.348. The van der Waals surface area contributed by atoms with Crippen molar-refractivity contribution in [3.05, 3.63) is 62.5 Å². The first-order chi connectivity index (χ1) is 15.1. The summed E-state index contributed by atoms with van der Waals surface area (Å²) >= 11 is 6.16. The molecule has 0 bridgehead atoms. The minimum atomic E-state index is 0.0223. The van der Waals surface area contributed by atoms with Crippen molar-refractivity contribution in [1.29, 1.82) is 5.26 Å². The lowest BCUT2D eigenvalue weighted by atomic mass is 10.0. The molecule has 0 amide bonds. The maximum Gasteiger partial charge on any atom is 0.253 e. The number of pyridine rings is 2. The fourth-order valence-electron chi connectivity index (χ4n) is 4.47. The standard InChI is InChI=1S/C23H23ClN6O/c24-19-11-21(27-13-16(19)12-25)30-8-6-29(7-9-30)14-15-3-4-17-20(10-15)28-23(31)18-2-1-5-26-22(17)18/h3-4,10-11,13,26H,1-2,5-9,14H2,(H,28,31). The van der Waals surface area contributed by atoms with Gasteiger partial charge in [-0.2, -0.15) is 5.26 Å². The zero-order valence-electron chi connectivity index (χ0n) is 17.1. The van der Waals surface area contributed by atoms with Gasteiger partial charge >= 0.3 is 0 Å². The molecule has 2 aliphatic rings. The Morgan fingerprint density at radius 1 is 1.19 bits per heavy atom. The molecule has 3 aromatic rings. The van der Waals surface area contributed by atoms with Crippen LogP contribution in [0.3, 0.4) is 0 Å². The van der Waals surface area contributed by atoms with Gasteiger partial charge in [0.05, 0.1) is 21.8 Å². The number of hydrogen-bond donors (Lipinski definition) is 2. The Bertz CT molecular complexity index is 1240. The SMILES string of the molecule is N#Cc1cnc(N2CCN(Cc3ccc4c5c(c(=O)[nH]c4c3)CCCN5)CC2)cc1Cl. The van der Waals surface area contributed by atoms with Crippen LogP contribution in [0.2, 0.25) is 5.02 Å². The molecule has 7 nitrogen and oxygen atoms in total. The third kappa shape index (κ3) is 3.85. The summed E-state index contributed by atoms with van der Waals surface area (Å²) in [4.78, 5) is 24.5. The zero-order chi connectivity index (χ0) is 21.4. The fourth-order valence-corrected chi connectivity index (χ4v) is 4.66. The van der Waals surface area contributed by atoms with Crippen molar-refractivity contribution in [2.24, 2.45) is 0 Å². The predicted octanol–water partition coefficient (Wildman–Crippen LogP) is 3.13. The Morgan fingerprint density at radius 3 is 2.81 bits per heavy atom. The molecular weight excluding hydrogens is 412 g/mol. The summed E-state index contributed by atoms with van der Waals surface area (Å²) in [5.41, 5.74) is 4.37. The first-order valence-corrected chi connectivity index (χ1v) is 10.9. The second-order valence-electron chi connectivity index (χ2n) is 8.12. The molecule has 5 rings (SSSR count). The highest BCUT2D eigenvalue weighted by molar-refractivity contribution is 6.31. The molecule has 2 aliphatic heterocycles. The van der Waals surface area contributed by atoms with Gasteiger partial charge in [0, 0.05) is 62.5 Å². The maximum atomic E-state index is 12.5. The highest BCUT2D eigenvalue weighted by Crippen LogP contribution is 2.28. The number of nitriles is 1. The molecule has 31 heavy (non-hydrogen) atoms. The number of nitrogens with zero attached hydrogens (tertiary/aromatic N) is 4. The van der Waals surface area contributed by atoms with E-state index in [4.69, 9.17) is 16.9 Å². The number of fused-ring (bicyclic) bond motifs is 3. The van der Waals surface area contributed by atoms with Crippen LogP contribution in [0, 0.1) is 11.3 Å². The summed E-state index contributed by atoms with van der Waals surface area (Å²) in [6, 6.07) is 10.2. The summed E-state index contributed by atoms with van der Waals surface area (Å²) in [5.74, 6) is 0.809. The minimum absolute atomic E-state index is 0.0223. The van der Waals surface area contributed by atoms with E-state index in [9.17, 15) is 4.79 Å². The number of aromatic nitrogens is 2. The van der Waals surface area contributed by atoms with Gasteiger partial charge in [0.2, 0.25) is 0 Å². The van der Waals surface area contributed by atoms with Gasteiger partial charge in [-0.1, -0.05) is 23.7 Å². The number of aromatic amines is 1. The van der Waals surface area contributed by atoms with E-state index in [0.29, 0.717) is 10.6 Å². The molecule has 0 atom stereocenters. The Labute approximate surface area is 185 Å². The molecular formula is C23H23ClN6O. The van der Waals surface area contributed by atoms with Crippen LogP contribution in [-0.2, 0) is 13.0 Å². The lowest BCUT2D eigenvalue weighted by molar-refractivity contribution is 0.249. The largest absolute Gasteiger partial charge is 0.384 e. The highest BCUT2D eigenvalue weighted by Gasteiger charge is 2.20. The molecule has 2 aromatic heterocycles. The van der Waals surface area contributed by atoms with Crippen molar-refractivity contribution < 1.29 is 0 Å². The highest BCUT2D eigenvalue weighted by atomic mass is 35.5. The first kappa shape index (κ1) is 19.9. The monoisotopic (exact) mass is 434 g/mol. The molecule has 0 saturated carbocycles. The normalized spacial score (nSPS) is 16.6. The van der Waals surface area contributed by atoms with E-state index in [0.717, 1.165) is 80.1 Å². The summed E-state index contributed by atoms with van der Waals surface area (Å²) < 4.78 is 0. The molecule has 158 valence electrons. The number of anilines is 2. The molecule has 4 heterocycles. The number of benzene rings is 1. The van der Waals surface area contributed by atoms with Gasteiger partial charge in [-0.25, -0.2) is 4.98 Å². The second kappa shape index (κ2) is 8.22. The summed E-state index contributed by atoms with van der Waals surface area (Å²) in [5, 5.41) is 14.0. The molecule has 0 radical (unpaired) electrons. The molecule has 2 N–H and O–H groups in total. The van der Waals surface area contributed by atoms with Crippen molar-refractivity contribution in [3.63, 3.8) is 0 Å². The molecule has 8 heteroatoms. The van der Waals surface area contributed by atoms with E-state index in [2.05, 4.69) is 43.3 Å². The Kier molecular flexibility index (Phi) is 5.26. The van der Waals surface area contributed by atoms with Crippen molar-refractivity contribution in [2.45, 2.75) is 19.4 Å². The van der Waals surface area contributed by atoms with Crippen LogP contribution >= 0.6 is 11.6 Å². The number of piperazine rings is 1. The van der Waals surface area contributed by atoms with Crippen LogP contribution in [0.15, 0.2) is 35.3 Å². The van der Waals surface area contributed by atoms with Gasteiger partial charge in [0.1, 0.15) is 11.9 Å². The third-order valence-electron chi connectivity index (χ3n) is 6.14. The molecule has 1 aromatic carbocycles.